The maximum absolute atomic E-state index is 15.8. The number of benzene rings is 3. The van der Waals surface area contributed by atoms with Crippen LogP contribution in [0.4, 0.5) is 13.6 Å². The van der Waals surface area contributed by atoms with Crippen LogP contribution in [0.3, 0.4) is 0 Å². The summed E-state index contributed by atoms with van der Waals surface area (Å²) in [7, 11) is 3.97. The van der Waals surface area contributed by atoms with Gasteiger partial charge in [0.05, 0.1) is 32.9 Å². The number of hydrogen-bond acceptors (Lipinski definition) is 9. The Labute approximate surface area is 320 Å². The third-order valence-corrected chi connectivity index (χ3v) is 9.50. The van der Waals surface area contributed by atoms with Gasteiger partial charge in [0.25, 0.3) is 5.91 Å². The number of esters is 1. The average molecular weight is 760 g/mol. The van der Waals surface area contributed by atoms with Gasteiger partial charge in [-0.15, -0.1) is 0 Å². The van der Waals surface area contributed by atoms with Crippen LogP contribution in [0.2, 0.25) is 0 Å². The molecule has 1 saturated heterocycles. The van der Waals surface area contributed by atoms with Gasteiger partial charge in [-0.05, 0) is 85.5 Å². The van der Waals surface area contributed by atoms with Gasteiger partial charge in [-0.2, -0.15) is 8.78 Å². The molecule has 3 aromatic carbocycles. The summed E-state index contributed by atoms with van der Waals surface area (Å²) in [5.41, 5.74) is 2.76. The van der Waals surface area contributed by atoms with Crippen LogP contribution >= 0.6 is 0 Å². The van der Waals surface area contributed by atoms with Crippen LogP contribution in [0.15, 0.2) is 91.3 Å². The first-order valence-electron chi connectivity index (χ1n) is 18.2. The zero-order chi connectivity index (χ0) is 39.2. The van der Waals surface area contributed by atoms with Crippen LogP contribution in [0, 0.1) is 0 Å². The van der Waals surface area contributed by atoms with Crippen LogP contribution in [0.1, 0.15) is 58.3 Å². The van der Waals surface area contributed by atoms with E-state index in [-0.39, 0.29) is 37.0 Å². The Morgan fingerprint density at radius 1 is 0.818 bits per heavy atom. The Kier molecular flexibility index (Phi) is 14.4. The molecule has 11 nitrogen and oxygen atoms in total. The van der Waals surface area contributed by atoms with Crippen LogP contribution in [-0.4, -0.2) is 86.4 Å². The molecule has 4 aromatic rings. The van der Waals surface area contributed by atoms with Crippen molar-refractivity contribution in [2.45, 2.75) is 57.1 Å². The van der Waals surface area contributed by atoms with Crippen molar-refractivity contribution in [3.05, 3.63) is 119 Å². The second kappa shape index (κ2) is 19.6. The molecule has 1 unspecified atom stereocenters. The minimum Gasteiger partial charge on any atom is -0.493 e. The van der Waals surface area contributed by atoms with E-state index in [9.17, 15) is 14.4 Å². The fraction of sp³-hybridized carbons (Fsp3) is 0.381. The molecule has 55 heavy (non-hydrogen) atoms. The molecule has 2 heterocycles. The summed E-state index contributed by atoms with van der Waals surface area (Å²) in [6, 6.07) is 21.9. The molecule has 13 heteroatoms. The van der Waals surface area contributed by atoms with Crippen LogP contribution in [0.25, 0.3) is 0 Å². The lowest BCUT2D eigenvalue weighted by atomic mass is 10.0. The Balaban J connectivity index is 1.18. The largest absolute Gasteiger partial charge is 0.493 e. The molecule has 0 bridgehead atoms. The monoisotopic (exact) mass is 759 g/mol. The van der Waals surface area contributed by atoms with E-state index < -0.39 is 35.5 Å². The highest BCUT2D eigenvalue weighted by Gasteiger charge is 2.48. The van der Waals surface area contributed by atoms with Crippen molar-refractivity contribution < 1.29 is 46.8 Å². The maximum atomic E-state index is 15.8. The summed E-state index contributed by atoms with van der Waals surface area (Å²) in [4.78, 5) is 46.3. The van der Waals surface area contributed by atoms with E-state index in [1.54, 1.807) is 29.4 Å². The fourth-order valence-electron chi connectivity index (χ4n) is 6.50. The zero-order valence-electron chi connectivity index (χ0n) is 31.4. The lowest BCUT2D eigenvalue weighted by Gasteiger charge is -2.30. The van der Waals surface area contributed by atoms with Crippen LogP contribution in [-0.2, 0) is 39.6 Å². The molecule has 0 radical (unpaired) electrons. The summed E-state index contributed by atoms with van der Waals surface area (Å²) >= 11 is 0. The molecule has 1 aliphatic heterocycles. The lowest BCUT2D eigenvalue weighted by molar-refractivity contribution is -0.160. The number of halogens is 2. The van der Waals surface area contributed by atoms with E-state index in [1.165, 1.54) is 21.3 Å². The van der Waals surface area contributed by atoms with Crippen molar-refractivity contribution in [1.29, 1.82) is 0 Å². The molecule has 1 fully saturated rings. The molecule has 0 saturated carbocycles. The van der Waals surface area contributed by atoms with Gasteiger partial charge in [0, 0.05) is 37.6 Å². The molecule has 1 aromatic heterocycles. The smallest absolute Gasteiger partial charge is 0.409 e. The molecule has 0 spiro atoms. The standard InChI is InChI=1S/C42H47F2N3O8/c1-51-36-25-34(26-37(52-2)38(36)53-3)42(43,44)40(49)47-24-10-16-35(47)29-55-41(50)46(23-9-15-31-13-7-21-45-27-31)22-8-14-30-17-19-33(20-18-30)39(48)54-28-32-11-5-4-6-12-32/h4-7,11-13,17-21,25-27,35H,8-10,14-16,22-24,28-29H2,1-3H3. The molecule has 292 valence electrons. The van der Waals surface area contributed by atoms with Crippen LogP contribution in [0.5, 0.6) is 17.2 Å². The van der Waals surface area contributed by atoms with Crippen molar-refractivity contribution in [3.63, 3.8) is 0 Å². The van der Waals surface area contributed by atoms with Crippen molar-refractivity contribution in [3.8, 4) is 17.2 Å². The van der Waals surface area contributed by atoms with Gasteiger partial charge in [-0.1, -0.05) is 48.5 Å². The van der Waals surface area contributed by atoms with Gasteiger partial charge >= 0.3 is 18.0 Å². The van der Waals surface area contributed by atoms with Gasteiger partial charge in [-0.3, -0.25) is 9.78 Å². The maximum Gasteiger partial charge on any atom is 0.409 e. The van der Waals surface area contributed by atoms with E-state index in [1.807, 2.05) is 54.6 Å². The molecule has 1 atom stereocenters. The lowest BCUT2D eigenvalue weighted by Crippen LogP contribution is -2.47. The molecular weight excluding hydrogens is 712 g/mol. The van der Waals surface area contributed by atoms with Crippen molar-refractivity contribution >= 4 is 18.0 Å². The summed E-state index contributed by atoms with van der Waals surface area (Å²) in [6.07, 6.45) is 6.36. The molecule has 5 rings (SSSR count). The van der Waals surface area contributed by atoms with E-state index in [0.29, 0.717) is 57.2 Å². The Morgan fingerprint density at radius 3 is 2.09 bits per heavy atom. The predicted octanol–water partition coefficient (Wildman–Crippen LogP) is 7.25. The van der Waals surface area contributed by atoms with Gasteiger partial charge in [-0.25, -0.2) is 9.59 Å². The third kappa shape index (κ3) is 10.7. The minimum atomic E-state index is -3.92. The molecule has 1 aliphatic rings. The van der Waals surface area contributed by atoms with E-state index in [4.69, 9.17) is 23.7 Å². The summed E-state index contributed by atoms with van der Waals surface area (Å²) in [5, 5.41) is 0. The molecule has 2 amide bonds. The summed E-state index contributed by atoms with van der Waals surface area (Å²) < 4.78 is 58.4. The molecule has 0 N–H and O–H groups in total. The molecule has 0 aliphatic carbocycles. The normalized spacial score (nSPS) is 13.9. The number of carbonyl (C=O) groups is 3. The highest BCUT2D eigenvalue weighted by atomic mass is 19.3. The van der Waals surface area contributed by atoms with E-state index in [2.05, 4.69) is 4.98 Å². The minimum absolute atomic E-state index is 0.00362. The number of pyridine rings is 1. The topological polar surface area (TPSA) is 117 Å². The second-order valence-corrected chi connectivity index (χ2v) is 13.2. The Hall–Kier alpha value is -5.72. The number of likely N-dealkylation sites (tertiary alicyclic amines) is 1. The number of nitrogens with zero attached hydrogens (tertiary/aromatic N) is 3. The number of alkyl halides is 2. The first-order valence-corrected chi connectivity index (χ1v) is 18.2. The van der Waals surface area contributed by atoms with Gasteiger partial charge in [0.15, 0.2) is 11.5 Å². The second-order valence-electron chi connectivity index (χ2n) is 13.2. The van der Waals surface area contributed by atoms with Gasteiger partial charge in [0.2, 0.25) is 5.75 Å². The average Bonchev–Trinajstić information content (AvgIpc) is 3.70. The summed E-state index contributed by atoms with van der Waals surface area (Å²) in [5.74, 6) is -5.61. The van der Waals surface area contributed by atoms with E-state index in [0.717, 1.165) is 33.7 Å². The SMILES string of the molecule is COc1cc(C(F)(F)C(=O)N2CCCC2COC(=O)N(CCCc2ccc(C(=O)OCc3ccccc3)cc2)CCCc2cccnc2)cc(OC)c1OC. The predicted molar refractivity (Wildman–Crippen MR) is 201 cm³/mol. The Bertz CT molecular complexity index is 1840. The highest BCUT2D eigenvalue weighted by molar-refractivity contribution is 5.89. The number of hydrogen-bond donors (Lipinski definition) is 0. The number of aryl methyl sites for hydroxylation is 2. The van der Waals surface area contributed by atoms with Crippen molar-refractivity contribution in [2.75, 3.05) is 47.6 Å². The zero-order valence-corrected chi connectivity index (χ0v) is 31.4. The first kappa shape index (κ1) is 40.5. The Morgan fingerprint density at radius 2 is 1.47 bits per heavy atom. The number of methoxy groups -OCH3 is 3. The summed E-state index contributed by atoms with van der Waals surface area (Å²) in [6.45, 7) is 0.826. The third-order valence-electron chi connectivity index (χ3n) is 9.50. The quantitative estimate of drug-likeness (QED) is 0.0968. The number of carbonyl (C=O) groups excluding carboxylic acids is 3. The van der Waals surface area contributed by atoms with E-state index >= 15 is 8.78 Å². The number of aromatic nitrogens is 1. The number of amides is 2. The fourth-order valence-corrected chi connectivity index (χ4v) is 6.50. The van der Waals surface area contributed by atoms with Gasteiger partial charge in [0.1, 0.15) is 13.2 Å². The molecular formula is C42H47F2N3O8. The van der Waals surface area contributed by atoms with Crippen molar-refractivity contribution in [1.82, 2.24) is 14.8 Å². The highest BCUT2D eigenvalue weighted by Crippen LogP contribution is 2.43. The first-order chi connectivity index (χ1) is 26.6. The number of ether oxygens (including phenoxy) is 5. The van der Waals surface area contributed by atoms with Crippen LogP contribution < -0.4 is 14.2 Å². The van der Waals surface area contributed by atoms with Gasteiger partial charge < -0.3 is 33.5 Å². The van der Waals surface area contributed by atoms with Crippen molar-refractivity contribution in [2.24, 2.45) is 0 Å². The number of rotatable bonds is 18.